The lowest BCUT2D eigenvalue weighted by Gasteiger charge is -2.52. The molecule has 0 spiro atoms. The molecule has 4 aromatic rings. The van der Waals surface area contributed by atoms with E-state index in [0.717, 1.165) is 47.9 Å². The lowest BCUT2D eigenvalue weighted by Crippen LogP contribution is -2.71. The second-order valence-corrected chi connectivity index (χ2v) is 15.0. The number of rotatable bonds is 15. The van der Waals surface area contributed by atoms with Gasteiger partial charge < -0.3 is 28.4 Å². The van der Waals surface area contributed by atoms with Gasteiger partial charge in [-0.15, -0.1) is 0 Å². The zero-order valence-corrected chi connectivity index (χ0v) is 31.4. The van der Waals surface area contributed by atoms with Gasteiger partial charge in [0.05, 0.1) is 45.2 Å². The Hall–Kier alpha value is -4.05. The van der Waals surface area contributed by atoms with Gasteiger partial charge in [0.1, 0.15) is 23.9 Å². The molecule has 1 aliphatic carbocycles. The van der Waals surface area contributed by atoms with Crippen LogP contribution in [0.1, 0.15) is 75.1 Å². The molecule has 8 nitrogen and oxygen atoms in total. The van der Waals surface area contributed by atoms with Crippen molar-refractivity contribution >= 4 is 6.09 Å². The van der Waals surface area contributed by atoms with Crippen molar-refractivity contribution in [3.05, 3.63) is 144 Å². The van der Waals surface area contributed by atoms with E-state index in [0.29, 0.717) is 26.4 Å². The van der Waals surface area contributed by atoms with Gasteiger partial charge in [0, 0.05) is 0 Å². The molecule has 0 N–H and O–H groups in total. The number of carbonyl (C=O) groups excluding carboxylic acids is 1. The van der Waals surface area contributed by atoms with Crippen LogP contribution < -0.4 is 0 Å². The Morgan fingerprint density at radius 3 is 1.49 bits per heavy atom. The average Bonchev–Trinajstić information content (AvgIpc) is 3.17. The van der Waals surface area contributed by atoms with E-state index in [4.69, 9.17) is 28.4 Å². The van der Waals surface area contributed by atoms with Crippen LogP contribution in [0.4, 0.5) is 4.79 Å². The third-order valence-corrected chi connectivity index (χ3v) is 9.68. The van der Waals surface area contributed by atoms with Crippen molar-refractivity contribution in [1.82, 2.24) is 4.90 Å². The molecular weight excluding hydrogens is 666 g/mol. The predicted molar refractivity (Wildman–Crippen MR) is 205 cm³/mol. The van der Waals surface area contributed by atoms with E-state index < -0.39 is 42.3 Å². The van der Waals surface area contributed by atoms with Crippen molar-refractivity contribution in [3.8, 4) is 0 Å². The molecule has 1 aliphatic heterocycles. The lowest BCUT2D eigenvalue weighted by atomic mass is 9.91. The first kappa shape index (κ1) is 38.7. The highest BCUT2D eigenvalue weighted by molar-refractivity contribution is 5.69. The summed E-state index contributed by atoms with van der Waals surface area (Å²) in [5.74, 6) is 0. The first-order chi connectivity index (χ1) is 25.8. The predicted octanol–water partition coefficient (Wildman–Crippen LogP) is 9.25. The Labute approximate surface area is 315 Å². The molecule has 2 aliphatic rings. The van der Waals surface area contributed by atoms with Crippen molar-refractivity contribution in [1.29, 1.82) is 0 Å². The maximum atomic E-state index is 14.7. The summed E-state index contributed by atoms with van der Waals surface area (Å²) >= 11 is 0. The molecule has 0 unspecified atom stereocenters. The summed E-state index contributed by atoms with van der Waals surface area (Å²) < 4.78 is 40.5. The molecule has 282 valence electrons. The summed E-state index contributed by atoms with van der Waals surface area (Å²) in [6.07, 6.45) is 1.69. The highest BCUT2D eigenvalue weighted by Crippen LogP contribution is 2.37. The van der Waals surface area contributed by atoms with E-state index in [9.17, 15) is 4.79 Å². The van der Waals surface area contributed by atoms with Crippen LogP contribution in [0.3, 0.4) is 0 Å². The van der Waals surface area contributed by atoms with Crippen LogP contribution in [0.15, 0.2) is 121 Å². The minimum Gasteiger partial charge on any atom is -0.444 e. The summed E-state index contributed by atoms with van der Waals surface area (Å²) in [5.41, 5.74) is 3.30. The Morgan fingerprint density at radius 1 is 0.585 bits per heavy atom. The summed E-state index contributed by atoms with van der Waals surface area (Å²) in [6.45, 7) is 7.08. The third kappa shape index (κ3) is 11.5. The molecule has 1 amide bonds. The number of carbonyl (C=O) groups is 1. The summed E-state index contributed by atoms with van der Waals surface area (Å²) in [4.78, 5) is 16.4. The Balaban J connectivity index is 1.43. The van der Waals surface area contributed by atoms with Gasteiger partial charge in [0.25, 0.3) is 0 Å². The second kappa shape index (κ2) is 19.3. The van der Waals surface area contributed by atoms with Crippen molar-refractivity contribution in [2.45, 2.75) is 122 Å². The van der Waals surface area contributed by atoms with Gasteiger partial charge >= 0.3 is 6.09 Å². The van der Waals surface area contributed by atoms with Gasteiger partial charge in [-0.3, -0.25) is 4.90 Å². The van der Waals surface area contributed by atoms with Crippen LogP contribution in [0.2, 0.25) is 0 Å². The quantitative estimate of drug-likeness (QED) is 0.121. The number of piperidine rings is 1. The minimum atomic E-state index is -0.834. The van der Waals surface area contributed by atoms with Crippen LogP contribution in [0, 0.1) is 0 Å². The maximum Gasteiger partial charge on any atom is 0.412 e. The SMILES string of the molecule is CC(C)(C)OC(=O)N1[C@H](COCc2ccccc2)[C@@H](OCc2ccccc2)[C@H](OCc2ccccc2)[C@@H](OCc2ccccc2)[C@H]1OC1CCCCC1. The fourth-order valence-electron chi connectivity index (χ4n) is 7.09. The molecule has 1 heterocycles. The van der Waals surface area contributed by atoms with Crippen molar-refractivity contribution in [3.63, 3.8) is 0 Å². The molecule has 2 fully saturated rings. The summed E-state index contributed by atoms with van der Waals surface area (Å²) in [6, 6.07) is 39.6. The topological polar surface area (TPSA) is 75.7 Å². The molecule has 1 saturated heterocycles. The lowest BCUT2D eigenvalue weighted by molar-refractivity contribution is -0.278. The first-order valence-electron chi connectivity index (χ1n) is 19.1. The van der Waals surface area contributed by atoms with Gasteiger partial charge in [-0.05, 0) is 55.9 Å². The normalized spacial score (nSPS) is 22.4. The molecule has 4 aromatic carbocycles. The number of ether oxygens (including phenoxy) is 6. The molecule has 5 atom stereocenters. The van der Waals surface area contributed by atoms with Gasteiger partial charge in [-0.2, -0.15) is 0 Å². The molecule has 53 heavy (non-hydrogen) atoms. The summed E-state index contributed by atoms with van der Waals surface area (Å²) in [7, 11) is 0. The van der Waals surface area contributed by atoms with Crippen LogP contribution in [-0.4, -0.2) is 59.9 Å². The maximum absolute atomic E-state index is 14.7. The number of likely N-dealkylation sites (tertiary alicyclic amines) is 1. The van der Waals surface area contributed by atoms with Gasteiger partial charge in [-0.25, -0.2) is 4.79 Å². The van der Waals surface area contributed by atoms with Gasteiger partial charge in [-0.1, -0.05) is 141 Å². The number of hydrogen-bond acceptors (Lipinski definition) is 7. The Kier molecular flexibility index (Phi) is 14.1. The third-order valence-electron chi connectivity index (χ3n) is 9.68. The highest BCUT2D eigenvalue weighted by atomic mass is 16.6. The standard InChI is InChI=1S/C45H55NO7/c1-45(2,3)53-44(47)46-39(33-48-29-34-19-9-4-10-20-34)40(49-30-35-21-11-5-12-22-35)41(50-31-36-23-13-6-14-24-36)42(51-32-37-25-15-7-16-26-37)43(46)52-38-27-17-8-18-28-38/h4-7,9-16,19-26,38-43H,8,17-18,27-33H2,1-3H3/t39-,40-,41+,42-,43-/m1/s1. The van der Waals surface area contributed by atoms with E-state index in [1.54, 1.807) is 4.90 Å². The highest BCUT2D eigenvalue weighted by Gasteiger charge is 2.55. The Morgan fingerprint density at radius 2 is 1.02 bits per heavy atom. The zero-order chi connectivity index (χ0) is 36.9. The summed E-state index contributed by atoms with van der Waals surface area (Å²) in [5, 5.41) is 0. The molecule has 0 bridgehead atoms. The molecule has 0 aromatic heterocycles. The van der Waals surface area contributed by atoms with Crippen LogP contribution >= 0.6 is 0 Å². The minimum absolute atomic E-state index is 0.0519. The fourth-order valence-corrected chi connectivity index (χ4v) is 7.09. The zero-order valence-electron chi connectivity index (χ0n) is 31.4. The van der Waals surface area contributed by atoms with E-state index in [-0.39, 0.29) is 12.7 Å². The van der Waals surface area contributed by atoms with Crippen molar-refractivity contribution < 1.29 is 33.2 Å². The molecule has 6 rings (SSSR count). The molecular formula is C45H55NO7. The second-order valence-electron chi connectivity index (χ2n) is 15.0. The van der Waals surface area contributed by atoms with Crippen LogP contribution in [0.25, 0.3) is 0 Å². The number of benzene rings is 4. The van der Waals surface area contributed by atoms with E-state index in [2.05, 4.69) is 0 Å². The van der Waals surface area contributed by atoms with E-state index in [1.807, 2.05) is 142 Å². The van der Waals surface area contributed by atoms with Crippen molar-refractivity contribution in [2.24, 2.45) is 0 Å². The molecule has 0 radical (unpaired) electrons. The van der Waals surface area contributed by atoms with E-state index >= 15 is 0 Å². The average molecular weight is 722 g/mol. The van der Waals surface area contributed by atoms with Crippen LogP contribution in [-0.2, 0) is 54.8 Å². The van der Waals surface area contributed by atoms with Gasteiger partial charge in [0.15, 0.2) is 6.23 Å². The first-order valence-corrected chi connectivity index (χ1v) is 19.1. The van der Waals surface area contributed by atoms with Gasteiger partial charge in [0.2, 0.25) is 0 Å². The monoisotopic (exact) mass is 721 g/mol. The molecule has 1 saturated carbocycles. The van der Waals surface area contributed by atoms with Crippen LogP contribution in [0.5, 0.6) is 0 Å². The smallest absolute Gasteiger partial charge is 0.412 e. The Bertz CT molecular complexity index is 1630. The fraction of sp³-hybridized carbons (Fsp3) is 0.444. The number of hydrogen-bond donors (Lipinski definition) is 0. The van der Waals surface area contributed by atoms with E-state index in [1.165, 1.54) is 6.42 Å². The number of amides is 1. The number of nitrogens with zero attached hydrogens (tertiary/aromatic N) is 1. The largest absolute Gasteiger partial charge is 0.444 e. The molecule has 8 heteroatoms. The van der Waals surface area contributed by atoms with Crippen molar-refractivity contribution in [2.75, 3.05) is 6.61 Å².